The van der Waals surface area contributed by atoms with Gasteiger partial charge in [-0.15, -0.1) is 0 Å². The van der Waals surface area contributed by atoms with Gasteiger partial charge in [-0.3, -0.25) is 4.79 Å². The summed E-state index contributed by atoms with van der Waals surface area (Å²) < 4.78 is 0. The monoisotopic (exact) mass is 178 g/mol. The van der Waals surface area contributed by atoms with Crippen LogP contribution < -0.4 is 10.0 Å². The Morgan fingerprint density at radius 3 is 2.31 bits per heavy atom. The van der Waals surface area contributed by atoms with E-state index in [-0.39, 0.29) is 5.56 Å². The highest BCUT2D eigenvalue weighted by atomic mass is 16.4. The molecule has 0 aliphatic carbocycles. The van der Waals surface area contributed by atoms with Crippen LogP contribution in [0.2, 0.25) is 0 Å². The summed E-state index contributed by atoms with van der Waals surface area (Å²) in [4.78, 5) is 22.0. The number of benzene rings is 1. The number of carboxylic acids is 1. The number of rotatable bonds is 3. The third-order valence-electron chi connectivity index (χ3n) is 1.67. The van der Waals surface area contributed by atoms with E-state index >= 15 is 0 Å². The molecule has 0 spiro atoms. The second kappa shape index (κ2) is 3.71. The Hall–Kier alpha value is -1.84. The van der Waals surface area contributed by atoms with Gasteiger partial charge in [0.1, 0.15) is 0 Å². The fraction of sp³-hybridized carbons (Fsp3) is 0.111. The van der Waals surface area contributed by atoms with E-state index in [0.717, 1.165) is 0 Å². The summed E-state index contributed by atoms with van der Waals surface area (Å²) >= 11 is 0. The lowest BCUT2D eigenvalue weighted by molar-refractivity contribution is -0.255. The van der Waals surface area contributed by atoms with E-state index in [1.807, 2.05) is 0 Å². The molecule has 1 amide bonds. The molecule has 68 valence electrons. The number of carbonyl (C=O) groups is 2. The molecule has 0 saturated heterocycles. The van der Waals surface area contributed by atoms with Gasteiger partial charge >= 0.3 is 0 Å². The van der Waals surface area contributed by atoms with E-state index in [4.69, 9.17) is 0 Å². The van der Waals surface area contributed by atoms with E-state index in [9.17, 15) is 14.7 Å². The quantitative estimate of drug-likeness (QED) is 0.594. The van der Waals surface area contributed by atoms with Crippen LogP contribution in [-0.2, 0) is 4.79 Å². The molecule has 0 aromatic heterocycles. The molecule has 4 nitrogen and oxygen atoms in total. The van der Waals surface area contributed by atoms with Crippen molar-refractivity contribution in [3.05, 3.63) is 29.8 Å². The topological polar surface area (TPSA) is 60.4 Å². The summed E-state index contributed by atoms with van der Waals surface area (Å²) in [5.41, 5.74) is 0.739. The SMILES string of the molecule is CN(C=O)c1ccc(C(=O)[O-])cc1. The van der Waals surface area contributed by atoms with Crippen molar-refractivity contribution in [1.82, 2.24) is 0 Å². The lowest BCUT2D eigenvalue weighted by atomic mass is 10.2. The first kappa shape index (κ1) is 9.25. The molecule has 13 heavy (non-hydrogen) atoms. The van der Waals surface area contributed by atoms with Crippen molar-refractivity contribution >= 4 is 18.1 Å². The summed E-state index contributed by atoms with van der Waals surface area (Å²) in [7, 11) is 1.58. The third-order valence-corrected chi connectivity index (χ3v) is 1.67. The number of nitrogens with zero attached hydrogens (tertiary/aromatic N) is 1. The largest absolute Gasteiger partial charge is 0.545 e. The van der Waals surface area contributed by atoms with Gasteiger partial charge in [-0.05, 0) is 17.7 Å². The van der Waals surface area contributed by atoms with Gasteiger partial charge in [-0.25, -0.2) is 0 Å². The normalized spacial score (nSPS) is 9.31. The molecule has 1 rings (SSSR count). The molecule has 0 saturated carbocycles. The van der Waals surface area contributed by atoms with Crippen LogP contribution in [0.4, 0.5) is 5.69 Å². The van der Waals surface area contributed by atoms with E-state index in [1.54, 1.807) is 19.2 Å². The lowest BCUT2D eigenvalue weighted by Crippen LogP contribution is -2.22. The minimum Gasteiger partial charge on any atom is -0.545 e. The number of hydrogen-bond donors (Lipinski definition) is 0. The van der Waals surface area contributed by atoms with Crippen LogP contribution in [-0.4, -0.2) is 19.4 Å². The molecule has 0 N–H and O–H groups in total. The minimum atomic E-state index is -1.22. The summed E-state index contributed by atoms with van der Waals surface area (Å²) in [6, 6.07) is 5.87. The van der Waals surface area contributed by atoms with E-state index in [2.05, 4.69) is 0 Å². The summed E-state index contributed by atoms with van der Waals surface area (Å²) in [5, 5.41) is 10.4. The number of amides is 1. The molecule has 0 bridgehead atoms. The average Bonchev–Trinajstić information content (AvgIpc) is 2.17. The zero-order valence-electron chi connectivity index (χ0n) is 7.06. The summed E-state index contributed by atoms with van der Waals surface area (Å²) in [6.07, 6.45) is 0.647. The van der Waals surface area contributed by atoms with Crippen LogP contribution in [0.15, 0.2) is 24.3 Å². The van der Waals surface area contributed by atoms with Crippen LogP contribution >= 0.6 is 0 Å². The number of anilines is 1. The third kappa shape index (κ3) is 2.05. The molecule has 0 unspecified atom stereocenters. The second-order valence-electron chi connectivity index (χ2n) is 2.55. The predicted molar refractivity (Wildman–Crippen MR) is 45.2 cm³/mol. The number of aromatic carboxylic acids is 1. The highest BCUT2D eigenvalue weighted by molar-refractivity contribution is 5.86. The van der Waals surface area contributed by atoms with Crippen molar-refractivity contribution in [2.45, 2.75) is 0 Å². The Morgan fingerprint density at radius 1 is 1.38 bits per heavy atom. The van der Waals surface area contributed by atoms with Gasteiger partial charge in [0.15, 0.2) is 0 Å². The molecular formula is C9H8NO3-. The zero-order valence-corrected chi connectivity index (χ0v) is 7.06. The smallest absolute Gasteiger partial charge is 0.213 e. The van der Waals surface area contributed by atoms with Crippen LogP contribution in [0.3, 0.4) is 0 Å². The molecule has 1 aromatic rings. The molecule has 0 fully saturated rings. The van der Waals surface area contributed by atoms with Crippen molar-refractivity contribution in [3.8, 4) is 0 Å². The maximum atomic E-state index is 10.4. The molecule has 0 heterocycles. The lowest BCUT2D eigenvalue weighted by Gasteiger charge is -2.11. The van der Waals surface area contributed by atoms with E-state index in [0.29, 0.717) is 12.1 Å². The predicted octanol–water partition coefficient (Wildman–Crippen LogP) is -0.357. The summed E-state index contributed by atoms with van der Waals surface area (Å²) in [6.45, 7) is 0. The van der Waals surface area contributed by atoms with Crippen molar-refractivity contribution in [3.63, 3.8) is 0 Å². The first-order valence-electron chi connectivity index (χ1n) is 3.64. The Balaban J connectivity index is 2.93. The van der Waals surface area contributed by atoms with Gasteiger partial charge < -0.3 is 14.8 Å². The van der Waals surface area contributed by atoms with E-state index < -0.39 is 5.97 Å². The number of carbonyl (C=O) groups excluding carboxylic acids is 2. The molecule has 1 aromatic carbocycles. The van der Waals surface area contributed by atoms with Gasteiger partial charge in [-0.1, -0.05) is 12.1 Å². The standard InChI is InChI=1S/C9H9NO3/c1-10(6-11)8-4-2-7(3-5-8)9(12)13/h2-6H,1H3,(H,12,13)/p-1. The van der Waals surface area contributed by atoms with Gasteiger partial charge in [0.25, 0.3) is 0 Å². The van der Waals surface area contributed by atoms with Crippen LogP contribution in [0.1, 0.15) is 10.4 Å². The van der Waals surface area contributed by atoms with Crippen LogP contribution in [0.25, 0.3) is 0 Å². The van der Waals surface area contributed by atoms with Crippen molar-refractivity contribution in [2.24, 2.45) is 0 Å². The number of hydrogen-bond acceptors (Lipinski definition) is 3. The molecule has 0 atom stereocenters. The molecule has 0 radical (unpaired) electrons. The minimum absolute atomic E-state index is 0.100. The first-order chi connectivity index (χ1) is 6.15. The zero-order chi connectivity index (χ0) is 9.84. The fourth-order valence-electron chi connectivity index (χ4n) is 0.894. The highest BCUT2D eigenvalue weighted by Crippen LogP contribution is 2.11. The highest BCUT2D eigenvalue weighted by Gasteiger charge is 1.98. The molecule has 0 aliphatic rings. The number of carboxylic acid groups (broad SMARTS) is 1. The Morgan fingerprint density at radius 2 is 1.92 bits per heavy atom. The van der Waals surface area contributed by atoms with Crippen LogP contribution in [0, 0.1) is 0 Å². The summed E-state index contributed by atoms with van der Waals surface area (Å²) in [5.74, 6) is -1.22. The second-order valence-corrected chi connectivity index (χ2v) is 2.55. The van der Waals surface area contributed by atoms with Crippen LogP contribution in [0.5, 0.6) is 0 Å². The molecule has 0 aliphatic heterocycles. The molecular weight excluding hydrogens is 170 g/mol. The van der Waals surface area contributed by atoms with Crippen molar-refractivity contribution in [2.75, 3.05) is 11.9 Å². The molecule has 4 heteroatoms. The first-order valence-corrected chi connectivity index (χ1v) is 3.64. The Kier molecular flexibility index (Phi) is 2.64. The van der Waals surface area contributed by atoms with Crippen molar-refractivity contribution in [1.29, 1.82) is 0 Å². The van der Waals surface area contributed by atoms with Gasteiger partial charge in [0, 0.05) is 12.7 Å². The van der Waals surface area contributed by atoms with E-state index in [1.165, 1.54) is 17.0 Å². The average molecular weight is 178 g/mol. The Bertz CT molecular complexity index is 318. The van der Waals surface area contributed by atoms with Gasteiger partial charge in [0.2, 0.25) is 6.41 Å². The fourth-order valence-corrected chi connectivity index (χ4v) is 0.894. The van der Waals surface area contributed by atoms with Gasteiger partial charge in [0.05, 0.1) is 5.97 Å². The van der Waals surface area contributed by atoms with Gasteiger partial charge in [-0.2, -0.15) is 0 Å². The maximum Gasteiger partial charge on any atom is 0.213 e. The van der Waals surface area contributed by atoms with Crippen molar-refractivity contribution < 1.29 is 14.7 Å². The maximum absolute atomic E-state index is 10.4. The Labute approximate surface area is 75.4 Å².